The van der Waals surface area contributed by atoms with Gasteiger partial charge in [-0.05, 0) is 61.4 Å². The molecule has 2 aromatic carbocycles. The summed E-state index contributed by atoms with van der Waals surface area (Å²) >= 11 is 0. The van der Waals surface area contributed by atoms with Crippen LogP contribution in [0.15, 0.2) is 52.3 Å². The van der Waals surface area contributed by atoms with E-state index >= 15 is 0 Å². The third-order valence-electron chi connectivity index (χ3n) is 4.26. The predicted molar refractivity (Wildman–Crippen MR) is 101 cm³/mol. The van der Waals surface area contributed by atoms with Crippen molar-refractivity contribution in [1.29, 1.82) is 0 Å². The number of rotatable bonds is 4. The van der Waals surface area contributed by atoms with Crippen LogP contribution in [0.2, 0.25) is 0 Å². The number of hydrogen-bond donors (Lipinski definition) is 2. The monoisotopic (exact) mass is 409 g/mol. The van der Waals surface area contributed by atoms with Gasteiger partial charge in [-0.15, -0.1) is 0 Å². The van der Waals surface area contributed by atoms with Crippen LogP contribution >= 0.6 is 0 Å². The lowest BCUT2D eigenvalue weighted by Gasteiger charge is -2.24. The molecule has 0 aromatic heterocycles. The van der Waals surface area contributed by atoms with Crippen molar-refractivity contribution in [1.82, 2.24) is 0 Å². The lowest BCUT2D eigenvalue weighted by Crippen LogP contribution is -2.35. The van der Waals surface area contributed by atoms with Crippen molar-refractivity contribution < 1.29 is 21.6 Å². The Bertz CT molecular complexity index is 1110. The van der Waals surface area contributed by atoms with E-state index in [1.807, 2.05) is 0 Å². The molecule has 0 spiro atoms. The molecule has 1 aliphatic rings. The fourth-order valence-corrected chi connectivity index (χ4v) is 5.41. The Hall–Kier alpha value is -2.43. The smallest absolute Gasteiger partial charge is 0.264 e. The molecule has 0 fully saturated rings. The first-order valence-corrected chi connectivity index (χ1v) is 11.1. The van der Waals surface area contributed by atoms with Crippen molar-refractivity contribution in [3.05, 3.63) is 48.0 Å². The van der Waals surface area contributed by atoms with E-state index < -0.39 is 20.0 Å². The fourth-order valence-electron chi connectivity index (χ4n) is 3.15. The molecule has 3 rings (SSSR count). The molecule has 3 N–H and O–H groups in total. The maximum absolute atomic E-state index is 13.1. The highest BCUT2D eigenvalue weighted by Crippen LogP contribution is 2.37. The van der Waals surface area contributed by atoms with Crippen LogP contribution in [-0.4, -0.2) is 28.8 Å². The van der Waals surface area contributed by atoms with Crippen LogP contribution in [0.1, 0.15) is 19.4 Å². The second-order valence-corrected chi connectivity index (χ2v) is 9.77. The predicted octanol–water partition coefficient (Wildman–Crippen LogP) is 1.43. The average Bonchev–Trinajstić information content (AvgIpc) is 2.89. The van der Waals surface area contributed by atoms with Crippen molar-refractivity contribution in [2.75, 3.05) is 9.62 Å². The number of nitrogens with zero attached hydrogens (tertiary/aromatic N) is 1. The van der Waals surface area contributed by atoms with Crippen LogP contribution in [-0.2, 0) is 31.3 Å². The molecule has 0 saturated carbocycles. The summed E-state index contributed by atoms with van der Waals surface area (Å²) in [6, 6.07) is 9.66. The second-order valence-electron chi connectivity index (χ2n) is 6.40. The number of fused-ring (bicyclic) bond motifs is 1. The summed E-state index contributed by atoms with van der Waals surface area (Å²) in [6.45, 7) is 3.11. The van der Waals surface area contributed by atoms with E-state index in [1.54, 1.807) is 6.92 Å². The van der Waals surface area contributed by atoms with E-state index in [1.165, 1.54) is 53.7 Å². The summed E-state index contributed by atoms with van der Waals surface area (Å²) in [6.07, 6.45) is 0.377. The summed E-state index contributed by atoms with van der Waals surface area (Å²) in [4.78, 5) is 11.1. The molecule has 1 unspecified atom stereocenters. The minimum atomic E-state index is -3.86. The maximum atomic E-state index is 13.1. The van der Waals surface area contributed by atoms with Crippen LogP contribution in [0.25, 0.3) is 0 Å². The lowest BCUT2D eigenvalue weighted by molar-refractivity contribution is -0.114. The van der Waals surface area contributed by atoms with Crippen LogP contribution in [0.4, 0.5) is 11.4 Å². The van der Waals surface area contributed by atoms with E-state index in [0.717, 1.165) is 0 Å². The van der Waals surface area contributed by atoms with Gasteiger partial charge in [-0.2, -0.15) is 0 Å². The molecular formula is C17H19N3O5S2. The molecular weight excluding hydrogens is 390 g/mol. The Morgan fingerprint density at radius 2 is 1.67 bits per heavy atom. The number of anilines is 2. The van der Waals surface area contributed by atoms with Gasteiger partial charge in [0.05, 0.1) is 15.5 Å². The number of nitrogens with one attached hydrogen (secondary N) is 1. The van der Waals surface area contributed by atoms with E-state index in [4.69, 9.17) is 5.14 Å². The second kappa shape index (κ2) is 6.63. The van der Waals surface area contributed by atoms with Gasteiger partial charge in [0.25, 0.3) is 10.0 Å². The van der Waals surface area contributed by atoms with Gasteiger partial charge in [-0.25, -0.2) is 22.0 Å². The summed E-state index contributed by atoms with van der Waals surface area (Å²) < 4.78 is 50.6. The molecule has 0 radical (unpaired) electrons. The Kier molecular flexibility index (Phi) is 4.74. The van der Waals surface area contributed by atoms with Crippen molar-refractivity contribution in [2.24, 2.45) is 5.14 Å². The van der Waals surface area contributed by atoms with Gasteiger partial charge < -0.3 is 5.32 Å². The highest BCUT2D eigenvalue weighted by Gasteiger charge is 2.36. The number of hydrogen-bond acceptors (Lipinski definition) is 5. The van der Waals surface area contributed by atoms with Gasteiger partial charge in [0.1, 0.15) is 0 Å². The Morgan fingerprint density at radius 3 is 2.22 bits per heavy atom. The molecule has 1 amide bonds. The van der Waals surface area contributed by atoms with Crippen molar-refractivity contribution in [3.63, 3.8) is 0 Å². The minimum absolute atomic E-state index is 0.0487. The number of amides is 1. The number of carbonyl (C=O) groups is 1. The maximum Gasteiger partial charge on any atom is 0.264 e. The molecule has 0 aliphatic carbocycles. The standard InChI is InChI=1S/C17H19N3O5S2/c1-11-9-13-10-16(26(18,22)23)7-8-17(13)20(11)27(24,25)15-5-3-14(4-6-15)19-12(2)21/h3-8,10-11H,9H2,1-2H3,(H,19,21)(H2,18,22,23). The first-order valence-electron chi connectivity index (χ1n) is 8.08. The summed E-state index contributed by atoms with van der Waals surface area (Å²) in [5.74, 6) is -0.252. The van der Waals surface area contributed by atoms with E-state index in [9.17, 15) is 21.6 Å². The molecule has 10 heteroatoms. The van der Waals surface area contributed by atoms with E-state index in [-0.39, 0.29) is 21.7 Å². The lowest BCUT2D eigenvalue weighted by atomic mass is 10.1. The Morgan fingerprint density at radius 1 is 1.07 bits per heavy atom. The van der Waals surface area contributed by atoms with Crippen molar-refractivity contribution in [2.45, 2.75) is 36.1 Å². The SMILES string of the molecule is CC(=O)Nc1ccc(S(=O)(=O)N2c3ccc(S(N)(=O)=O)cc3CC2C)cc1. The molecule has 8 nitrogen and oxygen atoms in total. The third kappa shape index (κ3) is 3.68. The van der Waals surface area contributed by atoms with Gasteiger partial charge in [0.15, 0.2) is 0 Å². The van der Waals surface area contributed by atoms with Crippen molar-refractivity contribution in [3.8, 4) is 0 Å². The Labute approximate surface area is 158 Å². The molecule has 0 saturated heterocycles. The first-order chi connectivity index (χ1) is 12.5. The molecule has 27 heavy (non-hydrogen) atoms. The summed E-state index contributed by atoms with van der Waals surface area (Å²) in [7, 11) is -7.72. The van der Waals surface area contributed by atoms with Crippen LogP contribution in [0.3, 0.4) is 0 Å². The minimum Gasteiger partial charge on any atom is -0.326 e. The normalized spacial score (nSPS) is 16.9. The summed E-state index contributed by atoms with van der Waals surface area (Å²) in [5.41, 5.74) is 1.53. The van der Waals surface area contributed by atoms with Crippen LogP contribution < -0.4 is 14.8 Å². The molecule has 2 aromatic rings. The molecule has 1 aliphatic heterocycles. The van der Waals surface area contributed by atoms with E-state index in [0.29, 0.717) is 23.4 Å². The number of primary sulfonamides is 1. The molecule has 0 bridgehead atoms. The topological polar surface area (TPSA) is 127 Å². The zero-order chi connectivity index (χ0) is 20.0. The molecule has 1 heterocycles. The highest BCUT2D eigenvalue weighted by molar-refractivity contribution is 7.93. The van der Waals surface area contributed by atoms with Gasteiger partial charge in [0, 0.05) is 18.7 Å². The van der Waals surface area contributed by atoms with Crippen LogP contribution in [0.5, 0.6) is 0 Å². The Balaban J connectivity index is 2.00. The first kappa shape index (κ1) is 19.3. The zero-order valence-electron chi connectivity index (χ0n) is 14.7. The van der Waals surface area contributed by atoms with Gasteiger partial charge in [0.2, 0.25) is 15.9 Å². The summed E-state index contributed by atoms with van der Waals surface area (Å²) in [5, 5.41) is 7.74. The number of carbonyl (C=O) groups excluding carboxylic acids is 1. The van der Waals surface area contributed by atoms with Gasteiger partial charge >= 0.3 is 0 Å². The number of benzene rings is 2. The third-order valence-corrected chi connectivity index (χ3v) is 7.12. The number of sulfonamides is 2. The largest absolute Gasteiger partial charge is 0.326 e. The average molecular weight is 409 g/mol. The zero-order valence-corrected chi connectivity index (χ0v) is 16.3. The molecule has 144 valence electrons. The van der Waals surface area contributed by atoms with Crippen LogP contribution in [0, 0.1) is 0 Å². The molecule has 1 atom stereocenters. The quantitative estimate of drug-likeness (QED) is 0.790. The van der Waals surface area contributed by atoms with Crippen molar-refractivity contribution >= 4 is 37.3 Å². The highest BCUT2D eigenvalue weighted by atomic mass is 32.2. The van der Waals surface area contributed by atoms with Gasteiger partial charge in [-0.3, -0.25) is 9.10 Å². The van der Waals surface area contributed by atoms with E-state index in [2.05, 4.69) is 5.32 Å². The number of nitrogens with two attached hydrogens (primary N) is 1. The fraction of sp³-hybridized carbons (Fsp3) is 0.235. The van der Waals surface area contributed by atoms with Gasteiger partial charge in [-0.1, -0.05) is 0 Å².